The number of hydrogen-bond acceptors (Lipinski definition) is 1. The number of hydrogen-bond donors (Lipinski definition) is 0. The molecule has 15 heavy (non-hydrogen) atoms. The van der Waals surface area contributed by atoms with E-state index in [2.05, 4.69) is 58.1 Å². The summed E-state index contributed by atoms with van der Waals surface area (Å²) in [5.74, 6) is 0. The van der Waals surface area contributed by atoms with Gasteiger partial charge in [0.2, 0.25) is 0 Å². The van der Waals surface area contributed by atoms with Gasteiger partial charge in [-0.25, -0.2) is 0 Å². The quantitative estimate of drug-likeness (QED) is 0.670. The molecule has 0 aromatic rings. The second kappa shape index (κ2) is 3.32. The van der Waals surface area contributed by atoms with Gasteiger partial charge in [-0.1, -0.05) is 0 Å². The second-order valence-electron chi connectivity index (χ2n) is 8.47. The molecule has 1 aliphatic carbocycles. The van der Waals surface area contributed by atoms with Gasteiger partial charge in [0.25, 0.3) is 0 Å². The summed E-state index contributed by atoms with van der Waals surface area (Å²) in [7, 11) is 4.35. The molecular formula is C13H27NTi. The van der Waals surface area contributed by atoms with Gasteiger partial charge in [-0.2, -0.15) is 0 Å². The number of rotatable bonds is 4. The molecule has 1 aliphatic rings. The molecule has 0 atom stereocenters. The van der Waals surface area contributed by atoms with Crippen molar-refractivity contribution in [3.05, 3.63) is 22.1 Å². The number of allylic oxidation sites excluding steroid dienone is 4. The van der Waals surface area contributed by atoms with Crippen molar-refractivity contribution >= 4 is 0 Å². The zero-order chi connectivity index (χ0) is 11.8. The third-order valence-electron chi connectivity index (χ3n) is 3.97. The summed E-state index contributed by atoms with van der Waals surface area (Å²) in [6.07, 6.45) is 8.10. The van der Waals surface area contributed by atoms with E-state index in [-0.39, 0.29) is 0 Å². The molecule has 0 aromatic heterocycles. The zero-order valence-electron chi connectivity index (χ0n) is 11.3. The Morgan fingerprint density at radius 2 is 1.80 bits per heavy atom. The molecule has 0 fully saturated rings. The average molecular weight is 245 g/mol. The fourth-order valence-corrected chi connectivity index (χ4v) is 8.04. The molecule has 1 rings (SSSR count). The van der Waals surface area contributed by atoms with Crippen LogP contribution >= 0.6 is 0 Å². The van der Waals surface area contributed by atoms with Crippen LogP contribution in [0.2, 0.25) is 25.6 Å². The molecule has 1 nitrogen and oxygen atoms in total. The molecule has 0 aromatic carbocycles. The van der Waals surface area contributed by atoms with Crippen LogP contribution in [0.25, 0.3) is 0 Å². The first-order valence-electron chi connectivity index (χ1n) is 6.03. The molecule has 88 valence electrons. The third kappa shape index (κ3) is 3.30. The van der Waals surface area contributed by atoms with Gasteiger partial charge in [0.1, 0.15) is 0 Å². The maximum absolute atomic E-state index is 2.85. The van der Waals surface area contributed by atoms with Crippen molar-refractivity contribution in [1.82, 2.24) is 4.90 Å². The Balaban J connectivity index is 2.92. The van der Waals surface area contributed by atoms with E-state index in [1.54, 1.807) is 3.88 Å². The first-order chi connectivity index (χ1) is 6.54. The topological polar surface area (TPSA) is 3.24 Å². The van der Waals surface area contributed by atoms with Crippen molar-refractivity contribution < 1.29 is 14.0 Å². The Hall–Kier alpha value is 0.154. The van der Waals surface area contributed by atoms with Crippen LogP contribution in [0, 0.1) is 0 Å². The van der Waals surface area contributed by atoms with Crippen LogP contribution in [-0.4, -0.2) is 25.5 Å². The second-order valence-corrected chi connectivity index (χ2v) is 27.7. The molecule has 0 bridgehead atoms. The Morgan fingerprint density at radius 3 is 2.20 bits per heavy atom. The molecule has 0 heterocycles. The van der Waals surface area contributed by atoms with Crippen molar-refractivity contribution in [3.8, 4) is 0 Å². The Labute approximate surface area is 93.6 Å². The summed E-state index contributed by atoms with van der Waals surface area (Å²) in [4.78, 5) is 2.31. The normalized spacial score (nSPS) is 21.4. The minimum absolute atomic E-state index is 1.19. The zero-order valence-corrected chi connectivity index (χ0v) is 12.9. The van der Waals surface area contributed by atoms with E-state index >= 15 is 0 Å². The summed E-state index contributed by atoms with van der Waals surface area (Å²) in [6, 6.07) is 0. The minimum atomic E-state index is -2.85. The maximum atomic E-state index is 2.57. The van der Waals surface area contributed by atoms with Gasteiger partial charge in [-0.3, -0.25) is 0 Å². The molecular weight excluding hydrogens is 218 g/mol. The molecule has 0 amide bonds. The first kappa shape index (κ1) is 13.2. The SMILES string of the molecule is CN(C)C[CH2][Ti]([CH3])([CH3])([CH3])([CH3])[C]1=CC=CC1. The Kier molecular flexibility index (Phi) is 2.93. The van der Waals surface area contributed by atoms with Gasteiger partial charge < -0.3 is 0 Å². The number of nitrogens with zero attached hydrogens (tertiary/aromatic N) is 1. The van der Waals surface area contributed by atoms with Crippen molar-refractivity contribution in [2.45, 2.75) is 32.1 Å². The molecule has 0 aliphatic heterocycles. The molecule has 0 saturated carbocycles. The molecule has 0 radical (unpaired) electrons. The fourth-order valence-electron chi connectivity index (χ4n) is 2.21. The third-order valence-corrected chi connectivity index (χ3v) is 13.1. The van der Waals surface area contributed by atoms with Gasteiger partial charge in [-0.05, 0) is 0 Å². The van der Waals surface area contributed by atoms with E-state index in [9.17, 15) is 0 Å². The van der Waals surface area contributed by atoms with Gasteiger partial charge in [0, 0.05) is 0 Å². The van der Waals surface area contributed by atoms with E-state index < -0.39 is 14.0 Å². The molecule has 2 heteroatoms. The van der Waals surface area contributed by atoms with Crippen molar-refractivity contribution in [2.24, 2.45) is 0 Å². The fraction of sp³-hybridized carbons (Fsp3) is 0.692. The first-order valence-corrected chi connectivity index (χ1v) is 14.2. The molecule has 0 unspecified atom stereocenters. The van der Waals surface area contributed by atoms with E-state index in [4.69, 9.17) is 0 Å². The monoisotopic (exact) mass is 245 g/mol. The van der Waals surface area contributed by atoms with Crippen LogP contribution in [0.4, 0.5) is 0 Å². The average Bonchev–Trinajstić information content (AvgIpc) is 2.52. The molecule has 0 spiro atoms. The van der Waals surface area contributed by atoms with Gasteiger partial charge in [0.15, 0.2) is 0 Å². The predicted octanol–water partition coefficient (Wildman–Crippen LogP) is 4.23. The van der Waals surface area contributed by atoms with Crippen molar-refractivity contribution in [2.75, 3.05) is 20.6 Å². The summed E-state index contributed by atoms with van der Waals surface area (Å²) in [5.41, 5.74) is 0. The van der Waals surface area contributed by atoms with Crippen LogP contribution in [-0.2, 0) is 14.0 Å². The molecule has 0 saturated heterocycles. The van der Waals surface area contributed by atoms with Crippen LogP contribution in [0.15, 0.2) is 22.1 Å². The summed E-state index contributed by atoms with van der Waals surface area (Å²) < 4.78 is 3.09. The molecule has 0 N–H and O–H groups in total. The predicted molar refractivity (Wildman–Crippen MR) is 68.7 cm³/mol. The van der Waals surface area contributed by atoms with E-state index in [1.807, 2.05) is 0 Å². The van der Waals surface area contributed by atoms with Crippen LogP contribution in [0.5, 0.6) is 0 Å². The summed E-state index contributed by atoms with van der Waals surface area (Å²) in [6.45, 7) is 1.21. The van der Waals surface area contributed by atoms with E-state index in [0.717, 1.165) is 0 Å². The van der Waals surface area contributed by atoms with Crippen molar-refractivity contribution in [1.29, 1.82) is 0 Å². The van der Waals surface area contributed by atoms with Crippen LogP contribution < -0.4 is 0 Å². The van der Waals surface area contributed by atoms with E-state index in [1.165, 1.54) is 17.7 Å². The van der Waals surface area contributed by atoms with Crippen LogP contribution in [0.3, 0.4) is 0 Å². The van der Waals surface area contributed by atoms with Gasteiger partial charge >= 0.3 is 93.7 Å². The summed E-state index contributed by atoms with van der Waals surface area (Å²) >= 11 is -2.85. The van der Waals surface area contributed by atoms with Crippen LogP contribution in [0.1, 0.15) is 6.42 Å². The Bertz CT molecular complexity index is 313. The van der Waals surface area contributed by atoms with Gasteiger partial charge in [0.05, 0.1) is 0 Å². The van der Waals surface area contributed by atoms with Crippen molar-refractivity contribution in [3.63, 3.8) is 0 Å². The summed E-state index contributed by atoms with van der Waals surface area (Å²) in [5, 5.41) is 10.3. The Morgan fingerprint density at radius 1 is 1.20 bits per heavy atom. The standard InChI is InChI=1S/C5H5.C4H10N.4CH3.Ti/c1-2-4-5-3-1;1-4-5(2)3;;;;;/h1-3H,4H2;1,4H2,2-3H3;4*1H3;. The van der Waals surface area contributed by atoms with E-state index in [0.29, 0.717) is 0 Å². The van der Waals surface area contributed by atoms with Gasteiger partial charge in [-0.15, -0.1) is 0 Å².